The summed E-state index contributed by atoms with van der Waals surface area (Å²) < 4.78 is 4.76. The highest BCUT2D eigenvalue weighted by atomic mass is 16.5. The number of ether oxygens (including phenoxy) is 1. The molecule has 0 unspecified atom stereocenters. The van der Waals surface area contributed by atoms with Gasteiger partial charge in [0.15, 0.2) is 6.10 Å². The summed E-state index contributed by atoms with van der Waals surface area (Å²) >= 11 is 0. The van der Waals surface area contributed by atoms with Gasteiger partial charge in [-0.2, -0.15) is 0 Å². The highest BCUT2D eigenvalue weighted by Gasteiger charge is 2.18. The molecule has 0 aliphatic heterocycles. The second kappa shape index (κ2) is 7.73. The number of aliphatic carboxylic acids is 1. The molecule has 19 heavy (non-hydrogen) atoms. The summed E-state index contributed by atoms with van der Waals surface area (Å²) in [6, 6.07) is -0.441. The first kappa shape index (κ1) is 15.4. The molecule has 7 nitrogen and oxygen atoms in total. The molecular weight excluding hydrogens is 252 g/mol. The smallest absolute Gasteiger partial charge is 0.332 e. The third-order valence-corrected chi connectivity index (χ3v) is 3.01. The van der Waals surface area contributed by atoms with Gasteiger partial charge in [0.2, 0.25) is 0 Å². The van der Waals surface area contributed by atoms with Crippen LogP contribution < -0.4 is 10.6 Å². The van der Waals surface area contributed by atoms with Crippen molar-refractivity contribution in [2.75, 3.05) is 6.61 Å². The Labute approximate surface area is 111 Å². The number of urea groups is 1. The Hall–Kier alpha value is -1.63. The summed E-state index contributed by atoms with van der Waals surface area (Å²) in [4.78, 5) is 33.3. The molecule has 0 aromatic heterocycles. The van der Waals surface area contributed by atoms with Gasteiger partial charge < -0.3 is 15.2 Å². The Morgan fingerprint density at radius 2 is 1.89 bits per heavy atom. The van der Waals surface area contributed by atoms with Crippen LogP contribution in [0.5, 0.6) is 0 Å². The molecule has 0 bridgehead atoms. The maximum absolute atomic E-state index is 11.5. The molecule has 0 saturated heterocycles. The Kier molecular flexibility index (Phi) is 6.27. The van der Waals surface area contributed by atoms with Crippen LogP contribution in [0.3, 0.4) is 0 Å². The fourth-order valence-corrected chi connectivity index (χ4v) is 1.90. The standard InChI is InChI=1S/C12H20N2O5/c1-8(11(16)17)19-7-10(15)14-12(18)13-9-5-3-2-4-6-9/h8-9H,2-7H2,1H3,(H,16,17)(H2,13,14,15,18)/t8-/m1/s1. The monoisotopic (exact) mass is 272 g/mol. The summed E-state index contributed by atoms with van der Waals surface area (Å²) in [7, 11) is 0. The minimum atomic E-state index is -1.15. The second-order valence-electron chi connectivity index (χ2n) is 4.65. The molecule has 1 fully saturated rings. The van der Waals surface area contributed by atoms with Crippen LogP contribution in [0.15, 0.2) is 0 Å². The molecule has 3 N–H and O–H groups in total. The zero-order valence-corrected chi connectivity index (χ0v) is 11.0. The summed E-state index contributed by atoms with van der Waals surface area (Å²) in [6.07, 6.45) is 4.12. The minimum absolute atomic E-state index is 0.111. The van der Waals surface area contributed by atoms with Crippen molar-refractivity contribution < 1.29 is 24.2 Å². The first-order valence-electron chi connectivity index (χ1n) is 6.44. The molecule has 1 atom stereocenters. The minimum Gasteiger partial charge on any atom is -0.479 e. The molecule has 1 saturated carbocycles. The van der Waals surface area contributed by atoms with Gasteiger partial charge in [0.1, 0.15) is 6.61 Å². The van der Waals surface area contributed by atoms with E-state index < -0.39 is 30.6 Å². The quantitative estimate of drug-likeness (QED) is 0.681. The lowest BCUT2D eigenvalue weighted by Gasteiger charge is -2.22. The van der Waals surface area contributed by atoms with E-state index in [4.69, 9.17) is 9.84 Å². The predicted molar refractivity (Wildman–Crippen MR) is 66.6 cm³/mol. The van der Waals surface area contributed by atoms with Gasteiger partial charge in [-0.25, -0.2) is 9.59 Å². The van der Waals surface area contributed by atoms with Crippen molar-refractivity contribution in [3.05, 3.63) is 0 Å². The zero-order chi connectivity index (χ0) is 14.3. The van der Waals surface area contributed by atoms with Crippen LogP contribution in [0, 0.1) is 0 Å². The summed E-state index contributed by atoms with van der Waals surface area (Å²) in [5, 5.41) is 13.4. The molecular formula is C12H20N2O5. The van der Waals surface area contributed by atoms with Crippen LogP contribution in [0.25, 0.3) is 0 Å². The van der Waals surface area contributed by atoms with Crippen LogP contribution in [0.2, 0.25) is 0 Å². The number of hydrogen-bond donors (Lipinski definition) is 3. The largest absolute Gasteiger partial charge is 0.479 e. The highest BCUT2D eigenvalue weighted by Crippen LogP contribution is 2.16. The predicted octanol–water partition coefficient (Wildman–Crippen LogP) is 0.635. The first-order valence-corrected chi connectivity index (χ1v) is 6.44. The van der Waals surface area contributed by atoms with E-state index in [2.05, 4.69) is 10.6 Å². The number of nitrogens with one attached hydrogen (secondary N) is 2. The molecule has 0 spiro atoms. The molecule has 3 amide bonds. The Balaban J connectivity index is 2.20. The zero-order valence-electron chi connectivity index (χ0n) is 11.0. The van der Waals surface area contributed by atoms with Crippen LogP contribution in [-0.4, -0.2) is 41.8 Å². The third kappa shape index (κ3) is 6.19. The first-order chi connectivity index (χ1) is 8.99. The second-order valence-corrected chi connectivity index (χ2v) is 4.65. The number of amides is 3. The van der Waals surface area contributed by atoms with E-state index in [0.717, 1.165) is 25.7 Å². The lowest BCUT2D eigenvalue weighted by molar-refractivity contribution is -0.150. The van der Waals surface area contributed by atoms with Gasteiger partial charge in [0.05, 0.1) is 0 Å². The van der Waals surface area contributed by atoms with Crippen LogP contribution in [-0.2, 0) is 14.3 Å². The maximum atomic E-state index is 11.5. The van der Waals surface area contributed by atoms with Crippen LogP contribution >= 0.6 is 0 Å². The van der Waals surface area contributed by atoms with Gasteiger partial charge in [-0.15, -0.1) is 0 Å². The van der Waals surface area contributed by atoms with Crippen molar-refractivity contribution in [2.45, 2.75) is 51.2 Å². The van der Waals surface area contributed by atoms with Gasteiger partial charge in [0.25, 0.3) is 5.91 Å². The van der Waals surface area contributed by atoms with Crippen molar-refractivity contribution in [1.82, 2.24) is 10.6 Å². The van der Waals surface area contributed by atoms with E-state index in [0.29, 0.717) is 0 Å². The summed E-state index contributed by atoms with van der Waals surface area (Å²) in [6.45, 7) is 0.864. The fourth-order valence-electron chi connectivity index (χ4n) is 1.90. The van der Waals surface area contributed by atoms with Crippen molar-refractivity contribution in [3.63, 3.8) is 0 Å². The van der Waals surface area contributed by atoms with Crippen molar-refractivity contribution in [1.29, 1.82) is 0 Å². The van der Waals surface area contributed by atoms with Gasteiger partial charge >= 0.3 is 12.0 Å². The number of carboxylic acid groups (broad SMARTS) is 1. The van der Waals surface area contributed by atoms with Gasteiger partial charge in [-0.3, -0.25) is 10.1 Å². The summed E-state index contributed by atoms with van der Waals surface area (Å²) in [5.74, 6) is -1.80. The third-order valence-electron chi connectivity index (χ3n) is 3.01. The average Bonchev–Trinajstić information content (AvgIpc) is 2.36. The molecule has 1 rings (SSSR count). The van der Waals surface area contributed by atoms with Gasteiger partial charge in [0, 0.05) is 6.04 Å². The van der Waals surface area contributed by atoms with Gasteiger partial charge in [-0.1, -0.05) is 19.3 Å². The van der Waals surface area contributed by atoms with E-state index in [1.165, 1.54) is 13.3 Å². The highest BCUT2D eigenvalue weighted by molar-refractivity contribution is 5.95. The fraction of sp³-hybridized carbons (Fsp3) is 0.750. The van der Waals surface area contributed by atoms with Crippen molar-refractivity contribution in [3.8, 4) is 0 Å². The lowest BCUT2D eigenvalue weighted by atomic mass is 9.96. The van der Waals surface area contributed by atoms with E-state index in [9.17, 15) is 14.4 Å². The van der Waals surface area contributed by atoms with Crippen LogP contribution in [0.4, 0.5) is 4.79 Å². The average molecular weight is 272 g/mol. The molecule has 108 valence electrons. The number of hydrogen-bond acceptors (Lipinski definition) is 4. The molecule has 0 aromatic carbocycles. The number of carbonyl (C=O) groups is 3. The van der Waals surface area contributed by atoms with Crippen molar-refractivity contribution in [2.24, 2.45) is 0 Å². The number of carbonyl (C=O) groups excluding carboxylic acids is 2. The SMILES string of the molecule is C[C@@H](OCC(=O)NC(=O)NC1CCCCC1)C(=O)O. The Morgan fingerprint density at radius 1 is 1.26 bits per heavy atom. The Morgan fingerprint density at radius 3 is 2.47 bits per heavy atom. The maximum Gasteiger partial charge on any atom is 0.332 e. The lowest BCUT2D eigenvalue weighted by Crippen LogP contribution is -2.46. The van der Waals surface area contributed by atoms with E-state index in [-0.39, 0.29) is 6.04 Å². The Bertz CT molecular complexity index is 339. The topological polar surface area (TPSA) is 105 Å². The molecule has 1 aliphatic rings. The molecule has 7 heteroatoms. The molecule has 1 aliphatic carbocycles. The van der Waals surface area contributed by atoms with E-state index in [1.807, 2.05) is 0 Å². The number of carboxylic acids is 1. The number of rotatable bonds is 5. The summed E-state index contributed by atoms with van der Waals surface area (Å²) in [5.41, 5.74) is 0. The molecule has 0 aromatic rings. The van der Waals surface area contributed by atoms with Crippen LogP contribution in [0.1, 0.15) is 39.0 Å². The van der Waals surface area contributed by atoms with Gasteiger partial charge in [-0.05, 0) is 19.8 Å². The molecule has 0 heterocycles. The van der Waals surface area contributed by atoms with E-state index >= 15 is 0 Å². The molecule has 0 radical (unpaired) electrons. The van der Waals surface area contributed by atoms with Crippen molar-refractivity contribution >= 4 is 17.9 Å². The van der Waals surface area contributed by atoms with E-state index in [1.54, 1.807) is 0 Å². The normalized spacial score (nSPS) is 17.5. The number of imide groups is 1.